The fourth-order valence-corrected chi connectivity index (χ4v) is 4.23. The van der Waals surface area contributed by atoms with Crippen molar-refractivity contribution in [1.29, 1.82) is 0 Å². The maximum absolute atomic E-state index is 13.2. The molecule has 0 atom stereocenters. The van der Waals surface area contributed by atoms with Gasteiger partial charge in [0.2, 0.25) is 5.91 Å². The highest BCUT2D eigenvalue weighted by Gasteiger charge is 2.27. The van der Waals surface area contributed by atoms with Gasteiger partial charge in [0.25, 0.3) is 11.5 Å². The number of para-hydroxylation sites is 1. The molecule has 0 aliphatic carbocycles. The second-order valence-electron chi connectivity index (χ2n) is 7.99. The van der Waals surface area contributed by atoms with E-state index < -0.39 is 0 Å². The Labute approximate surface area is 189 Å². The number of amides is 2. The number of ether oxygens (including phenoxy) is 1. The standard InChI is InChI=1S/C24H23N5O4/c1-33-17-6-4-5-16(13-17)14-21(30)27-9-11-28(12-10-27)24(32)19-15-25-29-20-8-3-2-7-18(20)23(31)26-22(19)29/h2-8,13,15H,9-12,14H2,1H3,(H,26,31). The quantitative estimate of drug-likeness (QED) is 0.516. The van der Waals surface area contributed by atoms with Crippen LogP contribution in [0.4, 0.5) is 0 Å². The third-order valence-corrected chi connectivity index (χ3v) is 6.02. The first-order chi connectivity index (χ1) is 16.0. The molecular formula is C24H23N5O4. The molecule has 1 aliphatic rings. The summed E-state index contributed by atoms with van der Waals surface area (Å²) in [5.41, 5.74) is 1.98. The number of piperazine rings is 1. The summed E-state index contributed by atoms with van der Waals surface area (Å²) in [5.74, 6) is 0.521. The number of aromatic nitrogens is 3. The van der Waals surface area contributed by atoms with Crippen LogP contribution in [0.25, 0.3) is 16.6 Å². The van der Waals surface area contributed by atoms with Crippen molar-refractivity contribution >= 4 is 28.4 Å². The Morgan fingerprint density at radius 1 is 1.03 bits per heavy atom. The summed E-state index contributed by atoms with van der Waals surface area (Å²) in [6.45, 7) is 1.73. The highest BCUT2D eigenvalue weighted by Crippen LogP contribution is 2.18. The van der Waals surface area contributed by atoms with E-state index >= 15 is 0 Å². The van der Waals surface area contributed by atoms with Crippen molar-refractivity contribution in [2.75, 3.05) is 33.3 Å². The second kappa shape index (κ2) is 8.42. The number of fused-ring (bicyclic) bond motifs is 3. The van der Waals surface area contributed by atoms with E-state index in [0.717, 1.165) is 11.3 Å². The minimum absolute atomic E-state index is 0.0159. The Morgan fingerprint density at radius 2 is 1.79 bits per heavy atom. The van der Waals surface area contributed by atoms with Crippen LogP contribution in [-0.4, -0.2) is 69.5 Å². The van der Waals surface area contributed by atoms with E-state index in [1.807, 2.05) is 30.3 Å². The van der Waals surface area contributed by atoms with Gasteiger partial charge >= 0.3 is 0 Å². The minimum Gasteiger partial charge on any atom is -0.497 e. The molecule has 9 heteroatoms. The van der Waals surface area contributed by atoms with Crippen molar-refractivity contribution in [3.63, 3.8) is 0 Å². The molecule has 0 saturated carbocycles. The number of nitrogens with zero attached hydrogens (tertiary/aromatic N) is 4. The molecule has 5 rings (SSSR count). The van der Waals surface area contributed by atoms with Crippen molar-refractivity contribution in [2.24, 2.45) is 0 Å². The molecule has 168 valence electrons. The molecule has 9 nitrogen and oxygen atoms in total. The number of aromatic amines is 1. The fraction of sp³-hybridized carbons (Fsp3) is 0.250. The number of hydrogen-bond donors (Lipinski definition) is 1. The average Bonchev–Trinajstić information content (AvgIpc) is 3.28. The van der Waals surface area contributed by atoms with E-state index in [0.29, 0.717) is 48.3 Å². The molecule has 0 radical (unpaired) electrons. The summed E-state index contributed by atoms with van der Waals surface area (Å²) < 4.78 is 6.80. The van der Waals surface area contributed by atoms with Gasteiger partial charge in [0.05, 0.1) is 30.6 Å². The van der Waals surface area contributed by atoms with Gasteiger partial charge in [0, 0.05) is 26.2 Å². The third kappa shape index (κ3) is 3.82. The normalized spacial score (nSPS) is 14.1. The molecule has 0 unspecified atom stereocenters. The van der Waals surface area contributed by atoms with Crippen LogP contribution in [0.2, 0.25) is 0 Å². The molecule has 1 aliphatic heterocycles. The Balaban J connectivity index is 1.29. The number of carbonyl (C=O) groups is 2. The van der Waals surface area contributed by atoms with Gasteiger partial charge in [-0.3, -0.25) is 14.4 Å². The van der Waals surface area contributed by atoms with Crippen LogP contribution in [0.3, 0.4) is 0 Å². The summed E-state index contributed by atoms with van der Waals surface area (Å²) in [4.78, 5) is 44.7. The summed E-state index contributed by atoms with van der Waals surface area (Å²) >= 11 is 0. The first-order valence-corrected chi connectivity index (χ1v) is 10.7. The molecule has 4 aromatic rings. The summed E-state index contributed by atoms with van der Waals surface area (Å²) in [5, 5.41) is 4.84. The first kappa shape index (κ1) is 20.7. The summed E-state index contributed by atoms with van der Waals surface area (Å²) in [6, 6.07) is 14.6. The average molecular weight is 445 g/mol. The van der Waals surface area contributed by atoms with Gasteiger partial charge < -0.3 is 19.5 Å². The van der Waals surface area contributed by atoms with Crippen LogP contribution in [-0.2, 0) is 11.2 Å². The Bertz CT molecular complexity index is 1420. The lowest BCUT2D eigenvalue weighted by Crippen LogP contribution is -2.51. The molecule has 1 fully saturated rings. The fourth-order valence-electron chi connectivity index (χ4n) is 4.23. The zero-order valence-corrected chi connectivity index (χ0v) is 18.2. The smallest absolute Gasteiger partial charge is 0.259 e. The number of nitrogens with one attached hydrogen (secondary N) is 1. The van der Waals surface area contributed by atoms with Crippen molar-refractivity contribution < 1.29 is 14.3 Å². The van der Waals surface area contributed by atoms with Crippen LogP contribution in [0.1, 0.15) is 15.9 Å². The zero-order chi connectivity index (χ0) is 22.9. The molecule has 3 heterocycles. The molecule has 33 heavy (non-hydrogen) atoms. The number of carbonyl (C=O) groups excluding carboxylic acids is 2. The second-order valence-corrected chi connectivity index (χ2v) is 7.99. The van der Waals surface area contributed by atoms with E-state index in [1.165, 1.54) is 6.20 Å². The van der Waals surface area contributed by atoms with Gasteiger partial charge in [-0.05, 0) is 29.8 Å². The SMILES string of the molecule is COc1cccc(CC(=O)N2CCN(C(=O)c3cnn4c3[nH]c(=O)c3ccccc34)CC2)c1. The number of benzene rings is 2. The molecule has 0 bridgehead atoms. The third-order valence-electron chi connectivity index (χ3n) is 6.02. The van der Waals surface area contributed by atoms with E-state index in [-0.39, 0.29) is 23.8 Å². The van der Waals surface area contributed by atoms with Gasteiger partial charge in [-0.1, -0.05) is 24.3 Å². The summed E-state index contributed by atoms with van der Waals surface area (Å²) in [6.07, 6.45) is 1.77. The van der Waals surface area contributed by atoms with Gasteiger partial charge in [-0.2, -0.15) is 5.10 Å². The zero-order valence-electron chi connectivity index (χ0n) is 18.2. The van der Waals surface area contributed by atoms with Gasteiger partial charge in [0.1, 0.15) is 17.0 Å². The lowest BCUT2D eigenvalue weighted by Gasteiger charge is -2.34. The number of rotatable bonds is 4. The molecule has 0 spiro atoms. The minimum atomic E-state index is -0.263. The van der Waals surface area contributed by atoms with Crippen LogP contribution < -0.4 is 10.3 Å². The predicted octanol–water partition coefficient (Wildman–Crippen LogP) is 1.71. The van der Waals surface area contributed by atoms with Crippen LogP contribution in [0, 0.1) is 0 Å². The Kier molecular flexibility index (Phi) is 5.29. The van der Waals surface area contributed by atoms with Crippen LogP contribution >= 0.6 is 0 Å². The van der Waals surface area contributed by atoms with Gasteiger partial charge in [-0.25, -0.2) is 4.52 Å². The number of methoxy groups -OCH3 is 1. The Hall–Kier alpha value is -4.14. The highest BCUT2D eigenvalue weighted by atomic mass is 16.5. The lowest BCUT2D eigenvalue weighted by molar-refractivity contribution is -0.131. The van der Waals surface area contributed by atoms with Crippen molar-refractivity contribution in [3.8, 4) is 5.75 Å². The molecule has 2 amide bonds. The maximum atomic E-state index is 13.2. The molecule has 1 N–H and O–H groups in total. The highest BCUT2D eigenvalue weighted by molar-refractivity contribution is 6.00. The van der Waals surface area contributed by atoms with Crippen molar-refractivity contribution in [2.45, 2.75) is 6.42 Å². The maximum Gasteiger partial charge on any atom is 0.259 e. The topological polar surface area (TPSA) is 100 Å². The monoisotopic (exact) mass is 445 g/mol. The lowest BCUT2D eigenvalue weighted by atomic mass is 10.1. The molecule has 1 saturated heterocycles. The van der Waals surface area contributed by atoms with Crippen LogP contribution in [0.15, 0.2) is 59.5 Å². The van der Waals surface area contributed by atoms with Crippen molar-refractivity contribution in [1.82, 2.24) is 24.4 Å². The van der Waals surface area contributed by atoms with E-state index in [4.69, 9.17) is 4.74 Å². The van der Waals surface area contributed by atoms with Gasteiger partial charge in [0.15, 0.2) is 0 Å². The molecular weight excluding hydrogens is 422 g/mol. The molecule has 2 aromatic heterocycles. The number of H-pyrrole nitrogens is 1. The predicted molar refractivity (Wildman–Crippen MR) is 123 cm³/mol. The van der Waals surface area contributed by atoms with E-state index in [1.54, 1.807) is 39.6 Å². The Morgan fingerprint density at radius 3 is 2.58 bits per heavy atom. The van der Waals surface area contributed by atoms with E-state index in [2.05, 4.69) is 10.1 Å². The first-order valence-electron chi connectivity index (χ1n) is 10.7. The summed E-state index contributed by atoms with van der Waals surface area (Å²) in [7, 11) is 1.60. The largest absolute Gasteiger partial charge is 0.497 e. The van der Waals surface area contributed by atoms with Crippen molar-refractivity contribution in [3.05, 3.63) is 76.2 Å². The van der Waals surface area contributed by atoms with Crippen LogP contribution in [0.5, 0.6) is 5.75 Å². The van der Waals surface area contributed by atoms with Gasteiger partial charge in [-0.15, -0.1) is 0 Å². The van der Waals surface area contributed by atoms with E-state index in [9.17, 15) is 14.4 Å². The molecule has 2 aromatic carbocycles. The number of hydrogen-bond acceptors (Lipinski definition) is 5.